The standard InChI is InChI=1S/C10H11NO5/c11-7(8(12)13)10(16,9(14)15)6-4-2-1-3-5-6/h1-5,7,16H,11H2,(H,12,13)(H,14,15). The number of aliphatic carboxylic acids is 2. The zero-order valence-electron chi connectivity index (χ0n) is 8.20. The van der Waals surface area contributed by atoms with Crippen LogP contribution in [-0.4, -0.2) is 33.3 Å². The first-order chi connectivity index (χ1) is 7.40. The number of carbonyl (C=O) groups is 2. The fourth-order valence-electron chi connectivity index (χ4n) is 1.31. The summed E-state index contributed by atoms with van der Waals surface area (Å²) in [7, 11) is 0. The van der Waals surface area contributed by atoms with Crippen LogP contribution >= 0.6 is 0 Å². The molecule has 0 amide bonds. The van der Waals surface area contributed by atoms with Crippen LogP contribution in [0.25, 0.3) is 0 Å². The molecule has 86 valence electrons. The van der Waals surface area contributed by atoms with E-state index in [1.54, 1.807) is 6.07 Å². The highest BCUT2D eigenvalue weighted by atomic mass is 16.4. The minimum atomic E-state index is -2.63. The first-order valence-electron chi connectivity index (χ1n) is 4.40. The van der Waals surface area contributed by atoms with E-state index < -0.39 is 23.6 Å². The van der Waals surface area contributed by atoms with Crippen LogP contribution in [0, 0.1) is 0 Å². The first-order valence-corrected chi connectivity index (χ1v) is 4.40. The quantitative estimate of drug-likeness (QED) is 0.541. The number of hydrogen-bond donors (Lipinski definition) is 4. The predicted octanol–water partition coefficient (Wildman–Crippen LogP) is -0.629. The van der Waals surface area contributed by atoms with Crippen LogP contribution in [0.5, 0.6) is 0 Å². The van der Waals surface area contributed by atoms with E-state index in [4.69, 9.17) is 15.9 Å². The average Bonchev–Trinajstić information content (AvgIpc) is 2.27. The molecule has 0 saturated carbocycles. The number of rotatable bonds is 4. The Kier molecular flexibility index (Phi) is 3.26. The van der Waals surface area contributed by atoms with E-state index in [0.717, 1.165) is 0 Å². The largest absolute Gasteiger partial charge is 0.480 e. The van der Waals surface area contributed by atoms with Crippen molar-refractivity contribution in [2.24, 2.45) is 5.73 Å². The molecule has 1 rings (SSSR count). The summed E-state index contributed by atoms with van der Waals surface area (Å²) in [5.74, 6) is -3.29. The fraction of sp³-hybridized carbons (Fsp3) is 0.200. The van der Waals surface area contributed by atoms with Gasteiger partial charge in [-0.1, -0.05) is 30.3 Å². The van der Waals surface area contributed by atoms with Crippen molar-refractivity contribution in [1.82, 2.24) is 0 Å². The highest BCUT2D eigenvalue weighted by molar-refractivity contribution is 5.89. The Bertz CT molecular complexity index is 405. The lowest BCUT2D eigenvalue weighted by atomic mass is 9.87. The van der Waals surface area contributed by atoms with Crippen molar-refractivity contribution in [3.8, 4) is 0 Å². The van der Waals surface area contributed by atoms with Crippen LogP contribution in [0.2, 0.25) is 0 Å². The normalized spacial score (nSPS) is 16.1. The van der Waals surface area contributed by atoms with Crippen molar-refractivity contribution in [1.29, 1.82) is 0 Å². The highest BCUT2D eigenvalue weighted by Gasteiger charge is 2.47. The number of aliphatic hydroxyl groups is 1. The molecule has 0 heterocycles. The smallest absolute Gasteiger partial charge is 0.342 e. The van der Waals surface area contributed by atoms with Gasteiger partial charge in [0, 0.05) is 0 Å². The predicted molar refractivity (Wildman–Crippen MR) is 53.6 cm³/mol. The van der Waals surface area contributed by atoms with Crippen LogP contribution in [0.4, 0.5) is 0 Å². The maximum absolute atomic E-state index is 11.0. The van der Waals surface area contributed by atoms with Crippen LogP contribution in [0.15, 0.2) is 30.3 Å². The summed E-state index contributed by atoms with van der Waals surface area (Å²) in [5.41, 5.74) is 2.49. The third-order valence-corrected chi connectivity index (χ3v) is 2.26. The van der Waals surface area contributed by atoms with Gasteiger partial charge in [-0.3, -0.25) is 4.79 Å². The molecule has 2 unspecified atom stereocenters. The van der Waals surface area contributed by atoms with E-state index in [-0.39, 0.29) is 5.56 Å². The molecule has 0 aromatic heterocycles. The number of carboxylic acids is 2. The topological polar surface area (TPSA) is 121 Å². The molecule has 1 aromatic carbocycles. The van der Waals surface area contributed by atoms with Gasteiger partial charge in [0.05, 0.1) is 0 Å². The van der Waals surface area contributed by atoms with E-state index in [0.29, 0.717) is 0 Å². The van der Waals surface area contributed by atoms with Crippen LogP contribution < -0.4 is 5.73 Å². The van der Waals surface area contributed by atoms with Crippen molar-refractivity contribution in [3.63, 3.8) is 0 Å². The monoisotopic (exact) mass is 225 g/mol. The van der Waals surface area contributed by atoms with Gasteiger partial charge >= 0.3 is 11.9 Å². The zero-order valence-corrected chi connectivity index (χ0v) is 8.20. The Morgan fingerprint density at radius 2 is 1.69 bits per heavy atom. The zero-order chi connectivity index (χ0) is 12.3. The maximum atomic E-state index is 11.0. The summed E-state index contributed by atoms with van der Waals surface area (Å²) in [4.78, 5) is 21.6. The molecular weight excluding hydrogens is 214 g/mol. The van der Waals surface area contributed by atoms with E-state index in [9.17, 15) is 14.7 Å². The number of hydrogen-bond acceptors (Lipinski definition) is 4. The van der Waals surface area contributed by atoms with Crippen LogP contribution in [-0.2, 0) is 15.2 Å². The molecule has 0 aliphatic carbocycles. The summed E-state index contributed by atoms with van der Waals surface area (Å²) in [6.45, 7) is 0. The van der Waals surface area contributed by atoms with Crippen LogP contribution in [0.3, 0.4) is 0 Å². The summed E-state index contributed by atoms with van der Waals surface area (Å²) in [6.07, 6.45) is 0. The molecule has 0 bridgehead atoms. The summed E-state index contributed by atoms with van der Waals surface area (Å²) < 4.78 is 0. The van der Waals surface area contributed by atoms with Gasteiger partial charge in [0.25, 0.3) is 0 Å². The Labute approximate surface area is 90.9 Å². The van der Waals surface area contributed by atoms with E-state index in [1.165, 1.54) is 24.3 Å². The Morgan fingerprint density at radius 1 is 1.19 bits per heavy atom. The lowest BCUT2D eigenvalue weighted by Crippen LogP contribution is -2.55. The van der Waals surface area contributed by atoms with E-state index in [1.807, 2.05) is 0 Å². The third-order valence-electron chi connectivity index (χ3n) is 2.26. The lowest BCUT2D eigenvalue weighted by Gasteiger charge is -2.27. The molecule has 6 heteroatoms. The van der Waals surface area contributed by atoms with Gasteiger partial charge in [-0.25, -0.2) is 4.79 Å². The summed E-state index contributed by atoms with van der Waals surface area (Å²) >= 11 is 0. The van der Waals surface area contributed by atoms with Gasteiger partial charge in [-0.15, -0.1) is 0 Å². The molecule has 0 aliphatic heterocycles. The first kappa shape index (κ1) is 12.2. The molecule has 0 fully saturated rings. The van der Waals surface area contributed by atoms with E-state index >= 15 is 0 Å². The highest BCUT2D eigenvalue weighted by Crippen LogP contribution is 2.24. The van der Waals surface area contributed by atoms with Gasteiger partial charge in [-0.05, 0) is 5.56 Å². The van der Waals surface area contributed by atoms with Crippen molar-refractivity contribution in [3.05, 3.63) is 35.9 Å². The molecule has 0 radical (unpaired) electrons. The Balaban J connectivity index is 3.28. The van der Waals surface area contributed by atoms with Gasteiger partial charge in [0.2, 0.25) is 5.60 Å². The SMILES string of the molecule is NC(C(=O)O)C(O)(C(=O)O)c1ccccc1. The second-order valence-electron chi connectivity index (χ2n) is 3.25. The molecule has 1 aromatic rings. The number of benzene rings is 1. The Morgan fingerprint density at radius 3 is 2.06 bits per heavy atom. The minimum absolute atomic E-state index is 0.0719. The molecule has 16 heavy (non-hydrogen) atoms. The molecule has 0 spiro atoms. The third kappa shape index (κ3) is 1.88. The molecule has 2 atom stereocenters. The van der Waals surface area contributed by atoms with Crippen molar-refractivity contribution >= 4 is 11.9 Å². The maximum Gasteiger partial charge on any atom is 0.342 e. The molecular formula is C10H11NO5. The van der Waals surface area contributed by atoms with Gasteiger partial charge in [0.15, 0.2) is 0 Å². The van der Waals surface area contributed by atoms with Crippen molar-refractivity contribution in [2.75, 3.05) is 0 Å². The summed E-state index contributed by atoms with van der Waals surface area (Å²) in [5, 5.41) is 27.5. The second-order valence-corrected chi connectivity index (χ2v) is 3.25. The van der Waals surface area contributed by atoms with Gasteiger partial charge in [0.1, 0.15) is 6.04 Å². The fourth-order valence-corrected chi connectivity index (χ4v) is 1.31. The van der Waals surface area contributed by atoms with E-state index in [2.05, 4.69) is 0 Å². The van der Waals surface area contributed by atoms with Gasteiger partial charge < -0.3 is 21.1 Å². The Hall–Kier alpha value is -1.92. The lowest BCUT2D eigenvalue weighted by molar-refractivity contribution is -0.169. The second kappa shape index (κ2) is 4.30. The minimum Gasteiger partial charge on any atom is -0.480 e. The molecule has 5 N–H and O–H groups in total. The van der Waals surface area contributed by atoms with Gasteiger partial charge in [-0.2, -0.15) is 0 Å². The summed E-state index contributed by atoms with van der Waals surface area (Å²) in [6, 6.07) is 5.24. The van der Waals surface area contributed by atoms with Crippen molar-refractivity contribution in [2.45, 2.75) is 11.6 Å². The van der Waals surface area contributed by atoms with Crippen LogP contribution in [0.1, 0.15) is 5.56 Å². The average molecular weight is 225 g/mol. The molecule has 0 aliphatic rings. The molecule has 6 nitrogen and oxygen atoms in total. The number of carboxylic acid groups (broad SMARTS) is 2. The molecule has 0 saturated heterocycles. The number of nitrogens with two attached hydrogens (primary N) is 1. The van der Waals surface area contributed by atoms with Crippen molar-refractivity contribution < 1.29 is 24.9 Å².